The van der Waals surface area contributed by atoms with E-state index < -0.39 is 97.5 Å². The van der Waals surface area contributed by atoms with Gasteiger partial charge in [0.1, 0.15) is 19.3 Å². The van der Waals surface area contributed by atoms with E-state index in [1.165, 1.54) is 128 Å². The molecule has 0 aromatic carbocycles. The molecule has 0 fully saturated rings. The van der Waals surface area contributed by atoms with Gasteiger partial charge in [0.15, 0.2) is 12.2 Å². The Labute approximate surface area is 492 Å². The van der Waals surface area contributed by atoms with E-state index in [2.05, 4.69) is 34.6 Å². The zero-order valence-corrected chi connectivity index (χ0v) is 53.7. The molecule has 0 aromatic rings. The molecule has 0 bridgehead atoms. The zero-order valence-electron chi connectivity index (χ0n) is 51.9. The maximum Gasteiger partial charge on any atom is 0.472 e. The molecular formula is C62H120O17P2. The summed E-state index contributed by atoms with van der Waals surface area (Å²) in [6.07, 6.45) is 39.2. The van der Waals surface area contributed by atoms with E-state index in [-0.39, 0.29) is 25.7 Å². The van der Waals surface area contributed by atoms with Crippen LogP contribution in [-0.4, -0.2) is 96.7 Å². The molecule has 0 spiro atoms. The minimum absolute atomic E-state index is 0.105. The second-order valence-corrected chi connectivity index (χ2v) is 25.8. The quantitative estimate of drug-likeness (QED) is 0.0222. The van der Waals surface area contributed by atoms with Crippen molar-refractivity contribution in [2.75, 3.05) is 39.6 Å². The molecular weight excluding hydrogens is 1080 g/mol. The molecule has 17 nitrogen and oxygen atoms in total. The molecule has 0 amide bonds. The first-order valence-corrected chi connectivity index (χ1v) is 35.6. The number of rotatable bonds is 62. The van der Waals surface area contributed by atoms with E-state index in [4.69, 9.17) is 37.0 Å². The van der Waals surface area contributed by atoms with Gasteiger partial charge < -0.3 is 33.8 Å². The second kappa shape index (κ2) is 55.9. The second-order valence-electron chi connectivity index (χ2n) is 22.9. The normalized spacial score (nSPS) is 14.3. The lowest BCUT2D eigenvalue weighted by Crippen LogP contribution is -2.30. The van der Waals surface area contributed by atoms with Crippen molar-refractivity contribution in [3.05, 3.63) is 0 Å². The summed E-state index contributed by atoms with van der Waals surface area (Å²) in [5.41, 5.74) is 0. The zero-order chi connectivity index (χ0) is 59.9. The third-order valence-corrected chi connectivity index (χ3v) is 16.2. The summed E-state index contributed by atoms with van der Waals surface area (Å²) < 4.78 is 67.7. The predicted octanol–water partition coefficient (Wildman–Crippen LogP) is 17.0. The van der Waals surface area contributed by atoms with Crippen molar-refractivity contribution in [3.63, 3.8) is 0 Å². The van der Waals surface area contributed by atoms with Crippen LogP contribution in [0.5, 0.6) is 0 Å². The molecule has 2 unspecified atom stereocenters. The van der Waals surface area contributed by atoms with Crippen molar-refractivity contribution in [2.45, 2.75) is 329 Å². The summed E-state index contributed by atoms with van der Waals surface area (Å²) in [4.78, 5) is 71.8. The lowest BCUT2D eigenvalue weighted by atomic mass is 10.0. The molecule has 0 aliphatic rings. The molecule has 81 heavy (non-hydrogen) atoms. The fourth-order valence-corrected chi connectivity index (χ4v) is 10.8. The third kappa shape index (κ3) is 56.9. The van der Waals surface area contributed by atoms with Crippen molar-refractivity contribution in [1.82, 2.24) is 0 Å². The van der Waals surface area contributed by atoms with Gasteiger partial charge in [-0.1, -0.05) is 259 Å². The van der Waals surface area contributed by atoms with Gasteiger partial charge in [-0.15, -0.1) is 0 Å². The molecule has 480 valence electrons. The van der Waals surface area contributed by atoms with Crippen LogP contribution in [0.25, 0.3) is 0 Å². The molecule has 3 N–H and O–H groups in total. The number of aliphatic hydroxyl groups is 1. The van der Waals surface area contributed by atoms with Crippen molar-refractivity contribution >= 4 is 39.5 Å². The third-order valence-electron chi connectivity index (χ3n) is 14.3. The van der Waals surface area contributed by atoms with Gasteiger partial charge in [-0.05, 0) is 31.6 Å². The summed E-state index contributed by atoms with van der Waals surface area (Å²) in [6.45, 7) is 7.09. The largest absolute Gasteiger partial charge is 0.472 e. The summed E-state index contributed by atoms with van der Waals surface area (Å²) in [6, 6.07) is 0. The Kier molecular flexibility index (Phi) is 54.6. The molecule has 0 rings (SSSR count). The summed E-state index contributed by atoms with van der Waals surface area (Å²) in [5, 5.41) is 10.5. The highest BCUT2D eigenvalue weighted by Crippen LogP contribution is 2.45. The van der Waals surface area contributed by atoms with Crippen LogP contribution in [0.1, 0.15) is 311 Å². The van der Waals surface area contributed by atoms with E-state index in [0.29, 0.717) is 25.7 Å². The Bertz CT molecular complexity index is 1580. The minimum Gasteiger partial charge on any atom is -0.462 e. The maximum absolute atomic E-state index is 12.9. The highest BCUT2D eigenvalue weighted by Gasteiger charge is 2.30. The number of phosphoric ester groups is 2. The molecule has 0 aliphatic carbocycles. The van der Waals surface area contributed by atoms with E-state index in [1.807, 2.05) is 0 Å². The minimum atomic E-state index is -4.94. The van der Waals surface area contributed by atoms with Crippen LogP contribution < -0.4 is 0 Å². The van der Waals surface area contributed by atoms with Crippen LogP contribution in [0.2, 0.25) is 0 Å². The van der Waals surface area contributed by atoms with Crippen LogP contribution in [0.4, 0.5) is 0 Å². The number of hydrogen-bond donors (Lipinski definition) is 3. The van der Waals surface area contributed by atoms with Crippen LogP contribution in [0, 0.1) is 5.92 Å². The van der Waals surface area contributed by atoms with Crippen molar-refractivity contribution in [3.8, 4) is 0 Å². The Balaban J connectivity index is 5.16. The molecule has 0 aliphatic heterocycles. The van der Waals surface area contributed by atoms with Gasteiger partial charge in [0.05, 0.1) is 26.4 Å². The maximum atomic E-state index is 12.9. The van der Waals surface area contributed by atoms with Gasteiger partial charge >= 0.3 is 39.5 Å². The number of carbonyl (C=O) groups is 4. The lowest BCUT2D eigenvalue weighted by molar-refractivity contribution is -0.161. The molecule has 0 heterocycles. The van der Waals surface area contributed by atoms with Gasteiger partial charge in [0.2, 0.25) is 0 Å². The van der Waals surface area contributed by atoms with E-state index in [9.17, 15) is 43.2 Å². The average Bonchev–Trinajstić information content (AvgIpc) is 3.43. The van der Waals surface area contributed by atoms with E-state index in [1.54, 1.807) is 0 Å². The monoisotopic (exact) mass is 1200 g/mol. The summed E-state index contributed by atoms with van der Waals surface area (Å²) in [5.74, 6) is -1.36. The molecule has 0 saturated heterocycles. The predicted molar refractivity (Wildman–Crippen MR) is 322 cm³/mol. The first-order valence-electron chi connectivity index (χ1n) is 32.6. The number of carbonyl (C=O) groups excluding carboxylic acids is 4. The Morgan fingerprint density at radius 3 is 0.840 bits per heavy atom. The average molecular weight is 1200 g/mol. The van der Waals surface area contributed by atoms with Crippen molar-refractivity contribution in [1.29, 1.82) is 0 Å². The van der Waals surface area contributed by atoms with E-state index in [0.717, 1.165) is 102 Å². The SMILES string of the molecule is CCCCCCCCCCCCCC(=O)OC[C@H](COP(=O)(O)OC[C@@H](O)COP(=O)(O)OC[C@@H](COC(=O)CCCCCCC)OC(=O)CCCCCCCCCCC)OC(=O)CCCCCCCCCCCCCCCC(C)C. The van der Waals surface area contributed by atoms with Crippen LogP contribution >= 0.6 is 15.6 Å². The smallest absolute Gasteiger partial charge is 0.462 e. The Hall–Kier alpha value is -1.94. The standard InChI is InChI=1S/C62H120O17P2/c1-6-9-12-15-17-19-23-28-31-36-41-46-60(65)73-52-58(79-62(67)48-43-38-33-29-25-22-20-21-24-27-30-35-39-44-55(4)5)54-77-81(70,71)75-50-56(63)49-74-80(68,69)76-53-57(51-72-59(64)45-40-34-14-11-8-3)78-61(66)47-42-37-32-26-18-16-13-10-7-2/h55-58,63H,6-54H2,1-5H3,(H,68,69)(H,70,71)/t56-,57+,58+/m0/s1. The van der Waals surface area contributed by atoms with Gasteiger partial charge in [-0.2, -0.15) is 0 Å². The van der Waals surface area contributed by atoms with Crippen LogP contribution in [0.3, 0.4) is 0 Å². The number of phosphoric acid groups is 2. The topological polar surface area (TPSA) is 237 Å². The fraction of sp³-hybridized carbons (Fsp3) is 0.935. The highest BCUT2D eigenvalue weighted by atomic mass is 31.2. The first kappa shape index (κ1) is 79.1. The highest BCUT2D eigenvalue weighted by molar-refractivity contribution is 7.47. The lowest BCUT2D eigenvalue weighted by Gasteiger charge is -2.21. The number of hydrogen-bond acceptors (Lipinski definition) is 15. The number of aliphatic hydroxyl groups excluding tert-OH is 1. The molecule has 19 heteroatoms. The number of ether oxygens (including phenoxy) is 4. The fourth-order valence-electron chi connectivity index (χ4n) is 9.23. The summed E-state index contributed by atoms with van der Waals surface area (Å²) >= 11 is 0. The van der Waals surface area contributed by atoms with Gasteiger partial charge in [-0.25, -0.2) is 9.13 Å². The van der Waals surface area contributed by atoms with Gasteiger partial charge in [-0.3, -0.25) is 37.3 Å². The van der Waals surface area contributed by atoms with Gasteiger partial charge in [0, 0.05) is 25.7 Å². The first-order chi connectivity index (χ1) is 39.0. The Morgan fingerprint density at radius 2 is 0.568 bits per heavy atom. The molecule has 5 atom stereocenters. The molecule has 0 aromatic heterocycles. The number of unbranched alkanes of at least 4 members (excludes halogenated alkanes) is 34. The summed E-state index contributed by atoms with van der Waals surface area (Å²) in [7, 11) is -9.87. The molecule has 0 saturated carbocycles. The Morgan fingerprint density at radius 1 is 0.333 bits per heavy atom. The van der Waals surface area contributed by atoms with Crippen LogP contribution in [0.15, 0.2) is 0 Å². The number of esters is 4. The van der Waals surface area contributed by atoms with Crippen LogP contribution in [-0.2, 0) is 65.4 Å². The van der Waals surface area contributed by atoms with E-state index >= 15 is 0 Å². The van der Waals surface area contributed by atoms with Crippen molar-refractivity contribution < 1.29 is 80.2 Å². The van der Waals surface area contributed by atoms with Crippen molar-refractivity contribution in [2.24, 2.45) is 5.92 Å². The molecule has 0 radical (unpaired) electrons. The van der Waals surface area contributed by atoms with Gasteiger partial charge in [0.25, 0.3) is 0 Å².